The highest BCUT2D eigenvalue weighted by Gasteiger charge is 2.23. The summed E-state index contributed by atoms with van der Waals surface area (Å²) in [4.78, 5) is 16.0. The lowest BCUT2D eigenvalue weighted by molar-refractivity contribution is -0.115. The summed E-state index contributed by atoms with van der Waals surface area (Å²) in [6, 6.07) is 10.0. The van der Waals surface area contributed by atoms with Gasteiger partial charge in [0.15, 0.2) is 0 Å². The number of hydrogen-bond acceptors (Lipinski definition) is 3. The smallest absolute Gasteiger partial charge is 0.275 e. The zero-order valence-electron chi connectivity index (χ0n) is 12.1. The molecule has 23 heavy (non-hydrogen) atoms. The number of ether oxygens (including phenoxy) is 1. The molecule has 1 aliphatic rings. The lowest BCUT2D eigenvalue weighted by atomic mass is 10.2. The number of methoxy groups -OCH3 is 1. The quantitative estimate of drug-likeness (QED) is 0.886. The molecule has 4 nitrogen and oxygen atoms in total. The number of benzene rings is 2. The number of nitrogens with one attached hydrogen (secondary N) is 1. The van der Waals surface area contributed by atoms with Gasteiger partial charge in [-0.1, -0.05) is 12.1 Å². The molecule has 2 aromatic rings. The van der Waals surface area contributed by atoms with E-state index in [0.717, 1.165) is 18.2 Å². The number of carbonyl (C=O) groups excluding carboxylic acids is 1. The van der Waals surface area contributed by atoms with Crippen molar-refractivity contribution < 1.29 is 18.3 Å². The third-order valence-electron chi connectivity index (χ3n) is 3.28. The molecule has 0 saturated carbocycles. The van der Waals surface area contributed by atoms with Crippen LogP contribution in [0.5, 0.6) is 5.75 Å². The van der Waals surface area contributed by atoms with Crippen LogP contribution in [0.4, 0.5) is 8.78 Å². The number of aliphatic imine (C=N–C) groups is 1. The van der Waals surface area contributed by atoms with Crippen LogP contribution in [-0.2, 0) is 4.79 Å². The van der Waals surface area contributed by atoms with E-state index in [4.69, 9.17) is 4.74 Å². The molecule has 0 radical (unpaired) electrons. The highest BCUT2D eigenvalue weighted by Crippen LogP contribution is 2.20. The van der Waals surface area contributed by atoms with Crippen LogP contribution in [0.15, 0.2) is 53.2 Å². The lowest BCUT2D eigenvalue weighted by Gasteiger charge is -2.02. The van der Waals surface area contributed by atoms with E-state index < -0.39 is 17.5 Å². The Morgan fingerprint density at radius 3 is 2.78 bits per heavy atom. The molecule has 0 atom stereocenters. The van der Waals surface area contributed by atoms with Gasteiger partial charge in [-0.05, 0) is 42.0 Å². The summed E-state index contributed by atoms with van der Waals surface area (Å²) in [7, 11) is 1.54. The SMILES string of the molecule is COc1cccc(C=C2N=C(c3cc(F)ccc3F)NC2=O)c1. The minimum atomic E-state index is -0.659. The van der Waals surface area contributed by atoms with E-state index in [9.17, 15) is 13.6 Å². The van der Waals surface area contributed by atoms with Gasteiger partial charge in [0.2, 0.25) is 0 Å². The van der Waals surface area contributed by atoms with Crippen molar-refractivity contribution in [2.45, 2.75) is 0 Å². The van der Waals surface area contributed by atoms with Crippen molar-refractivity contribution in [1.82, 2.24) is 5.32 Å². The molecule has 0 spiro atoms. The van der Waals surface area contributed by atoms with Gasteiger partial charge in [0.05, 0.1) is 12.7 Å². The molecule has 2 aromatic carbocycles. The van der Waals surface area contributed by atoms with Gasteiger partial charge in [0, 0.05) is 0 Å². The number of hydrogen-bond donors (Lipinski definition) is 1. The van der Waals surface area contributed by atoms with Crippen LogP contribution < -0.4 is 10.1 Å². The molecule has 116 valence electrons. The molecular weight excluding hydrogens is 302 g/mol. The summed E-state index contributed by atoms with van der Waals surface area (Å²) in [5.74, 6) is -1.12. The molecule has 6 heteroatoms. The van der Waals surface area contributed by atoms with Crippen LogP contribution in [0.25, 0.3) is 6.08 Å². The summed E-state index contributed by atoms with van der Waals surface area (Å²) in [5.41, 5.74) is 0.725. The van der Waals surface area contributed by atoms with Crippen molar-refractivity contribution in [2.75, 3.05) is 7.11 Å². The topological polar surface area (TPSA) is 50.7 Å². The summed E-state index contributed by atoms with van der Waals surface area (Å²) in [5, 5.41) is 2.44. The van der Waals surface area contributed by atoms with E-state index in [1.54, 1.807) is 30.3 Å². The maximum atomic E-state index is 13.8. The van der Waals surface area contributed by atoms with Crippen LogP contribution in [0.3, 0.4) is 0 Å². The Balaban J connectivity index is 1.98. The van der Waals surface area contributed by atoms with Crippen molar-refractivity contribution in [3.05, 3.63) is 70.9 Å². The zero-order chi connectivity index (χ0) is 16.4. The van der Waals surface area contributed by atoms with Gasteiger partial charge in [-0.3, -0.25) is 4.79 Å². The van der Waals surface area contributed by atoms with Crippen molar-refractivity contribution in [3.63, 3.8) is 0 Å². The van der Waals surface area contributed by atoms with Crippen LogP contribution in [0.2, 0.25) is 0 Å². The van der Waals surface area contributed by atoms with Gasteiger partial charge in [-0.25, -0.2) is 13.8 Å². The second kappa shape index (κ2) is 6.00. The Hall–Kier alpha value is -3.02. The molecule has 0 aliphatic carbocycles. The maximum absolute atomic E-state index is 13.8. The predicted octanol–water partition coefficient (Wildman–Crippen LogP) is 2.89. The second-order valence-corrected chi connectivity index (χ2v) is 4.84. The first-order chi connectivity index (χ1) is 11.1. The third kappa shape index (κ3) is 3.11. The number of amidine groups is 1. The molecule has 0 unspecified atom stereocenters. The molecule has 1 amide bonds. The fraction of sp³-hybridized carbons (Fsp3) is 0.0588. The van der Waals surface area contributed by atoms with Crippen LogP contribution in [-0.4, -0.2) is 18.9 Å². The number of rotatable bonds is 3. The van der Waals surface area contributed by atoms with Crippen LogP contribution in [0, 0.1) is 11.6 Å². The number of nitrogens with zero attached hydrogens (tertiary/aromatic N) is 1. The lowest BCUT2D eigenvalue weighted by Crippen LogP contribution is -2.25. The predicted molar refractivity (Wildman–Crippen MR) is 82.0 cm³/mol. The molecule has 3 rings (SSSR count). The first kappa shape index (κ1) is 14.9. The normalized spacial score (nSPS) is 15.5. The van der Waals surface area contributed by atoms with E-state index in [2.05, 4.69) is 10.3 Å². The van der Waals surface area contributed by atoms with Gasteiger partial charge in [-0.15, -0.1) is 0 Å². The molecule has 1 aliphatic heterocycles. The van der Waals surface area contributed by atoms with Crippen molar-refractivity contribution in [3.8, 4) is 5.75 Å². The molecule has 1 N–H and O–H groups in total. The van der Waals surface area contributed by atoms with Crippen molar-refractivity contribution in [2.24, 2.45) is 4.99 Å². The van der Waals surface area contributed by atoms with Gasteiger partial charge in [-0.2, -0.15) is 0 Å². The van der Waals surface area contributed by atoms with Crippen molar-refractivity contribution in [1.29, 1.82) is 0 Å². The molecule has 1 heterocycles. The Morgan fingerprint density at radius 1 is 1.17 bits per heavy atom. The summed E-state index contributed by atoms with van der Waals surface area (Å²) in [6.07, 6.45) is 1.54. The number of amides is 1. The largest absolute Gasteiger partial charge is 0.497 e. The van der Waals surface area contributed by atoms with Gasteiger partial charge < -0.3 is 10.1 Å². The molecule has 0 aromatic heterocycles. The fourth-order valence-corrected chi connectivity index (χ4v) is 2.16. The first-order valence-corrected chi connectivity index (χ1v) is 6.78. The van der Waals surface area contributed by atoms with Gasteiger partial charge in [0.25, 0.3) is 5.91 Å². The first-order valence-electron chi connectivity index (χ1n) is 6.78. The molecular formula is C17H12F2N2O2. The van der Waals surface area contributed by atoms with Crippen molar-refractivity contribution >= 4 is 17.8 Å². The number of carbonyl (C=O) groups is 1. The Labute approximate surface area is 131 Å². The summed E-state index contributed by atoms with van der Waals surface area (Å²) >= 11 is 0. The molecule has 0 bridgehead atoms. The minimum Gasteiger partial charge on any atom is -0.497 e. The summed E-state index contributed by atoms with van der Waals surface area (Å²) < 4.78 is 32.1. The standard InChI is InChI=1S/C17H12F2N2O2/c1-23-12-4-2-3-10(7-12)8-15-17(22)21-16(20-15)13-9-11(18)5-6-14(13)19/h2-9H,1H3,(H,20,21,22). The highest BCUT2D eigenvalue weighted by atomic mass is 19.1. The van der Waals surface area contributed by atoms with E-state index in [0.29, 0.717) is 11.3 Å². The monoisotopic (exact) mass is 314 g/mol. The maximum Gasteiger partial charge on any atom is 0.275 e. The van der Waals surface area contributed by atoms with Crippen LogP contribution >= 0.6 is 0 Å². The molecule has 0 fully saturated rings. The van der Waals surface area contributed by atoms with E-state index in [1.807, 2.05) is 0 Å². The highest BCUT2D eigenvalue weighted by molar-refractivity contribution is 6.19. The van der Waals surface area contributed by atoms with E-state index in [-0.39, 0.29) is 17.1 Å². The van der Waals surface area contributed by atoms with Gasteiger partial charge in [0.1, 0.15) is 28.9 Å². The fourth-order valence-electron chi connectivity index (χ4n) is 2.16. The average molecular weight is 314 g/mol. The Morgan fingerprint density at radius 2 is 2.00 bits per heavy atom. The van der Waals surface area contributed by atoms with Crippen LogP contribution in [0.1, 0.15) is 11.1 Å². The number of halogens is 2. The van der Waals surface area contributed by atoms with Gasteiger partial charge >= 0.3 is 0 Å². The Bertz CT molecular complexity index is 844. The second-order valence-electron chi connectivity index (χ2n) is 4.84. The van der Waals surface area contributed by atoms with E-state index in [1.165, 1.54) is 7.11 Å². The van der Waals surface area contributed by atoms with E-state index >= 15 is 0 Å². The summed E-state index contributed by atoms with van der Waals surface area (Å²) in [6.45, 7) is 0. The average Bonchev–Trinajstić information content (AvgIpc) is 2.90. The minimum absolute atomic E-state index is 0.0128. The zero-order valence-corrected chi connectivity index (χ0v) is 12.1. The third-order valence-corrected chi connectivity index (χ3v) is 3.28. The Kier molecular flexibility index (Phi) is 3.89. The molecule has 0 saturated heterocycles.